The van der Waals surface area contributed by atoms with Gasteiger partial charge in [0, 0.05) is 16.2 Å². The number of benzene rings is 1. The lowest BCUT2D eigenvalue weighted by atomic mass is 10.0. The summed E-state index contributed by atoms with van der Waals surface area (Å²) in [6.07, 6.45) is 1.73. The Labute approximate surface area is 126 Å². The summed E-state index contributed by atoms with van der Waals surface area (Å²) < 4.78 is 11.5. The first-order valence-corrected chi connectivity index (χ1v) is 6.78. The maximum atomic E-state index is 5.69. The van der Waals surface area contributed by atoms with Gasteiger partial charge in [-0.2, -0.15) is 0 Å². The van der Waals surface area contributed by atoms with Crippen molar-refractivity contribution in [1.29, 1.82) is 0 Å². The SMILES string of the molecule is COc1ccc(OC)c(C(NN)c2ccc(Br)cn2)c1. The number of halogens is 1. The van der Waals surface area contributed by atoms with Crippen LogP contribution in [0.25, 0.3) is 0 Å². The molecule has 2 rings (SSSR count). The third-order valence-electron chi connectivity index (χ3n) is 2.96. The average molecular weight is 338 g/mol. The molecule has 6 heteroatoms. The Bertz CT molecular complexity index is 575. The molecule has 106 valence electrons. The van der Waals surface area contributed by atoms with Crippen molar-refractivity contribution in [2.45, 2.75) is 6.04 Å². The fraction of sp³-hybridized carbons (Fsp3) is 0.214. The third-order valence-corrected chi connectivity index (χ3v) is 3.43. The highest BCUT2D eigenvalue weighted by molar-refractivity contribution is 9.10. The normalized spacial score (nSPS) is 12.0. The summed E-state index contributed by atoms with van der Waals surface area (Å²) in [6, 6.07) is 9.09. The van der Waals surface area contributed by atoms with E-state index in [4.69, 9.17) is 15.3 Å². The zero-order chi connectivity index (χ0) is 14.5. The van der Waals surface area contributed by atoms with E-state index in [1.807, 2.05) is 30.3 Å². The van der Waals surface area contributed by atoms with E-state index in [2.05, 4.69) is 26.3 Å². The summed E-state index contributed by atoms with van der Waals surface area (Å²) >= 11 is 3.36. The fourth-order valence-electron chi connectivity index (χ4n) is 1.96. The number of rotatable bonds is 5. The van der Waals surface area contributed by atoms with E-state index in [0.717, 1.165) is 27.2 Å². The Balaban J connectivity index is 2.47. The fourth-order valence-corrected chi connectivity index (χ4v) is 2.19. The van der Waals surface area contributed by atoms with Crippen molar-refractivity contribution in [2.75, 3.05) is 14.2 Å². The lowest BCUT2D eigenvalue weighted by molar-refractivity contribution is 0.393. The minimum Gasteiger partial charge on any atom is -0.497 e. The molecule has 2 aromatic rings. The number of pyridine rings is 1. The lowest BCUT2D eigenvalue weighted by Crippen LogP contribution is -2.29. The molecule has 0 saturated carbocycles. The highest BCUT2D eigenvalue weighted by Crippen LogP contribution is 2.32. The topological polar surface area (TPSA) is 69.4 Å². The Hall–Kier alpha value is -1.63. The standard InChI is InChI=1S/C14H16BrN3O2/c1-19-10-4-6-13(20-2)11(7-10)14(18-16)12-5-3-9(15)8-17-12/h3-8,14,18H,16H2,1-2H3. The van der Waals surface area contributed by atoms with Gasteiger partial charge in [0.05, 0.1) is 26.0 Å². The summed E-state index contributed by atoms with van der Waals surface area (Å²) in [4.78, 5) is 4.37. The van der Waals surface area contributed by atoms with Crippen molar-refractivity contribution in [2.24, 2.45) is 5.84 Å². The van der Waals surface area contributed by atoms with Crippen molar-refractivity contribution in [3.05, 3.63) is 52.3 Å². The summed E-state index contributed by atoms with van der Waals surface area (Å²) in [6.45, 7) is 0. The van der Waals surface area contributed by atoms with E-state index >= 15 is 0 Å². The predicted molar refractivity (Wildman–Crippen MR) is 80.6 cm³/mol. The van der Waals surface area contributed by atoms with Crippen LogP contribution in [0, 0.1) is 0 Å². The Kier molecular flexibility index (Phi) is 4.94. The molecule has 1 heterocycles. The smallest absolute Gasteiger partial charge is 0.124 e. The second kappa shape index (κ2) is 6.69. The Morgan fingerprint density at radius 3 is 2.55 bits per heavy atom. The first-order valence-electron chi connectivity index (χ1n) is 5.99. The number of nitrogens with one attached hydrogen (secondary N) is 1. The molecule has 0 aliphatic heterocycles. The highest BCUT2D eigenvalue weighted by atomic mass is 79.9. The van der Waals surface area contributed by atoms with Crippen LogP contribution in [-0.4, -0.2) is 19.2 Å². The molecule has 0 amide bonds. The number of hydrogen-bond acceptors (Lipinski definition) is 5. The number of nitrogens with two attached hydrogens (primary N) is 1. The minimum atomic E-state index is -0.284. The number of methoxy groups -OCH3 is 2. The molecule has 3 N–H and O–H groups in total. The minimum absolute atomic E-state index is 0.284. The number of hydrazine groups is 1. The molecular weight excluding hydrogens is 322 g/mol. The molecule has 5 nitrogen and oxygen atoms in total. The van der Waals surface area contributed by atoms with Gasteiger partial charge in [0.15, 0.2) is 0 Å². The molecule has 0 fully saturated rings. The molecule has 1 aromatic heterocycles. The number of hydrogen-bond donors (Lipinski definition) is 2. The van der Waals surface area contributed by atoms with Crippen LogP contribution in [0.3, 0.4) is 0 Å². The van der Waals surface area contributed by atoms with E-state index in [9.17, 15) is 0 Å². The van der Waals surface area contributed by atoms with Crippen molar-refractivity contribution in [1.82, 2.24) is 10.4 Å². The zero-order valence-corrected chi connectivity index (χ0v) is 12.8. The van der Waals surface area contributed by atoms with Crippen LogP contribution in [0.1, 0.15) is 17.3 Å². The van der Waals surface area contributed by atoms with Gasteiger partial charge >= 0.3 is 0 Å². The van der Waals surface area contributed by atoms with Gasteiger partial charge in [-0.15, -0.1) is 0 Å². The molecule has 1 aromatic carbocycles. The lowest BCUT2D eigenvalue weighted by Gasteiger charge is -2.19. The van der Waals surface area contributed by atoms with E-state index in [-0.39, 0.29) is 6.04 Å². The second-order valence-electron chi connectivity index (χ2n) is 4.11. The summed E-state index contributed by atoms with van der Waals surface area (Å²) in [5.74, 6) is 7.15. The Morgan fingerprint density at radius 1 is 1.20 bits per heavy atom. The number of aromatic nitrogens is 1. The van der Waals surface area contributed by atoms with Crippen LogP contribution >= 0.6 is 15.9 Å². The van der Waals surface area contributed by atoms with Gasteiger partial charge in [-0.05, 0) is 46.3 Å². The maximum Gasteiger partial charge on any atom is 0.124 e. The predicted octanol–water partition coefficient (Wildman–Crippen LogP) is 2.41. The highest BCUT2D eigenvalue weighted by Gasteiger charge is 2.19. The molecule has 20 heavy (non-hydrogen) atoms. The van der Waals surface area contributed by atoms with Crippen LogP contribution < -0.4 is 20.7 Å². The molecule has 0 aliphatic rings. The van der Waals surface area contributed by atoms with Crippen molar-refractivity contribution in [3.63, 3.8) is 0 Å². The quantitative estimate of drug-likeness (QED) is 0.647. The van der Waals surface area contributed by atoms with Crippen molar-refractivity contribution < 1.29 is 9.47 Å². The molecule has 0 spiro atoms. The van der Waals surface area contributed by atoms with Crippen LogP contribution in [0.5, 0.6) is 11.5 Å². The zero-order valence-electron chi connectivity index (χ0n) is 11.3. The third kappa shape index (κ3) is 3.09. The molecule has 0 aliphatic carbocycles. The van der Waals surface area contributed by atoms with Crippen LogP contribution in [0.15, 0.2) is 41.0 Å². The van der Waals surface area contributed by atoms with Crippen molar-refractivity contribution in [3.8, 4) is 11.5 Å². The van der Waals surface area contributed by atoms with Crippen molar-refractivity contribution >= 4 is 15.9 Å². The summed E-state index contributed by atoms with van der Waals surface area (Å²) in [7, 11) is 3.24. The van der Waals surface area contributed by atoms with E-state index in [0.29, 0.717) is 0 Å². The van der Waals surface area contributed by atoms with Gasteiger partial charge in [0.2, 0.25) is 0 Å². The first kappa shape index (κ1) is 14.8. The summed E-state index contributed by atoms with van der Waals surface area (Å²) in [5.41, 5.74) is 4.43. The largest absolute Gasteiger partial charge is 0.497 e. The van der Waals surface area contributed by atoms with Gasteiger partial charge in [0.1, 0.15) is 11.5 Å². The van der Waals surface area contributed by atoms with Gasteiger partial charge in [-0.1, -0.05) is 0 Å². The van der Waals surface area contributed by atoms with Gasteiger partial charge in [0.25, 0.3) is 0 Å². The molecule has 1 unspecified atom stereocenters. The van der Waals surface area contributed by atoms with E-state index in [1.54, 1.807) is 20.4 Å². The van der Waals surface area contributed by atoms with E-state index in [1.165, 1.54) is 0 Å². The molecule has 0 saturated heterocycles. The average Bonchev–Trinajstić information content (AvgIpc) is 2.49. The van der Waals surface area contributed by atoms with Gasteiger partial charge < -0.3 is 9.47 Å². The monoisotopic (exact) mass is 337 g/mol. The number of nitrogens with zero attached hydrogens (tertiary/aromatic N) is 1. The van der Waals surface area contributed by atoms with Crippen LogP contribution in [0.4, 0.5) is 0 Å². The summed E-state index contributed by atoms with van der Waals surface area (Å²) in [5, 5.41) is 0. The molecule has 0 bridgehead atoms. The van der Waals surface area contributed by atoms with Gasteiger partial charge in [-0.3, -0.25) is 10.8 Å². The number of ether oxygens (including phenoxy) is 2. The maximum absolute atomic E-state index is 5.69. The molecule has 1 atom stereocenters. The molecular formula is C14H16BrN3O2. The van der Waals surface area contributed by atoms with Gasteiger partial charge in [-0.25, -0.2) is 5.43 Å². The Morgan fingerprint density at radius 2 is 2.00 bits per heavy atom. The van der Waals surface area contributed by atoms with E-state index < -0.39 is 0 Å². The first-order chi connectivity index (χ1) is 9.69. The molecule has 0 radical (unpaired) electrons. The van der Waals surface area contributed by atoms with Crippen LogP contribution in [-0.2, 0) is 0 Å². The second-order valence-corrected chi connectivity index (χ2v) is 5.02. The van der Waals surface area contributed by atoms with Crippen LogP contribution in [0.2, 0.25) is 0 Å².